The van der Waals surface area contributed by atoms with Crippen molar-refractivity contribution >= 4 is 33.2 Å². The number of rotatable bonds is 2. The molecule has 0 spiro atoms. The third kappa shape index (κ3) is 1.38. The lowest BCUT2D eigenvalue weighted by Gasteiger charge is -2.03. The predicted octanol–water partition coefficient (Wildman–Crippen LogP) is 3.77. The lowest BCUT2D eigenvalue weighted by Crippen LogP contribution is -1.84. The topological polar surface area (TPSA) is 9.23 Å². The van der Waals surface area contributed by atoms with Crippen molar-refractivity contribution in [3.63, 3.8) is 0 Å². The van der Waals surface area contributed by atoms with Gasteiger partial charge in [0.05, 0.1) is 17.4 Å². The van der Waals surface area contributed by atoms with Crippen LogP contribution in [0.3, 0.4) is 0 Å². The third-order valence-electron chi connectivity index (χ3n) is 2.03. The van der Waals surface area contributed by atoms with Crippen molar-refractivity contribution in [2.24, 2.45) is 0 Å². The Hall–Kier alpha value is -0.740. The molecule has 2 aromatic rings. The first-order valence-electron chi connectivity index (χ1n) is 4.05. The molecule has 0 radical (unpaired) electrons. The van der Waals surface area contributed by atoms with E-state index in [9.17, 15) is 4.39 Å². The summed E-state index contributed by atoms with van der Waals surface area (Å²) in [5.41, 5.74) is 0. The van der Waals surface area contributed by atoms with Crippen LogP contribution >= 0.6 is 23.1 Å². The number of thioether (sulfide) groups is 1. The number of hydrogen-bond acceptors (Lipinski definition) is 3. The van der Waals surface area contributed by atoms with Gasteiger partial charge in [-0.15, -0.1) is 23.1 Å². The van der Waals surface area contributed by atoms with Gasteiger partial charge in [-0.3, -0.25) is 0 Å². The summed E-state index contributed by atoms with van der Waals surface area (Å²) in [5.74, 6) is 0.579. The first-order valence-corrected chi connectivity index (χ1v) is 6.16. The molecule has 2 rings (SSSR count). The summed E-state index contributed by atoms with van der Waals surface area (Å²) in [5, 5.41) is 2.80. The molecule has 0 atom stereocenters. The summed E-state index contributed by atoms with van der Waals surface area (Å²) in [6.07, 6.45) is 1.87. The standard InChI is InChI=1S/C10H9FOS2/c1-12-7-5-14-8-4-3-6(11)10(13-2)9(7)8/h3-5H,1-2H3. The quantitative estimate of drug-likeness (QED) is 0.724. The van der Waals surface area contributed by atoms with Crippen LogP contribution in [0.15, 0.2) is 22.4 Å². The molecule has 0 aliphatic carbocycles. The fourth-order valence-electron chi connectivity index (χ4n) is 1.40. The third-order valence-corrected chi connectivity index (χ3v) is 3.77. The fourth-order valence-corrected chi connectivity index (χ4v) is 3.05. The van der Waals surface area contributed by atoms with Crippen LogP contribution in [0, 0.1) is 5.82 Å². The molecular weight excluding hydrogens is 219 g/mol. The van der Waals surface area contributed by atoms with E-state index in [2.05, 4.69) is 0 Å². The molecule has 0 saturated heterocycles. The highest BCUT2D eigenvalue weighted by atomic mass is 32.2. The van der Waals surface area contributed by atoms with Gasteiger partial charge in [0, 0.05) is 10.1 Å². The second-order valence-electron chi connectivity index (χ2n) is 2.76. The Bertz CT molecular complexity index is 464. The van der Waals surface area contributed by atoms with Gasteiger partial charge < -0.3 is 4.74 Å². The Balaban J connectivity index is 2.81. The SMILES string of the molecule is COc1csc2ccc(F)c(SC)c12. The van der Waals surface area contributed by atoms with E-state index in [1.165, 1.54) is 17.8 Å². The maximum absolute atomic E-state index is 13.4. The largest absolute Gasteiger partial charge is 0.495 e. The van der Waals surface area contributed by atoms with Gasteiger partial charge >= 0.3 is 0 Å². The zero-order chi connectivity index (χ0) is 10.1. The summed E-state index contributed by atoms with van der Waals surface area (Å²) in [4.78, 5) is 0.667. The number of benzene rings is 1. The van der Waals surface area contributed by atoms with E-state index in [0.29, 0.717) is 4.90 Å². The minimum absolute atomic E-state index is 0.179. The molecule has 1 aromatic carbocycles. The number of methoxy groups -OCH3 is 1. The Morgan fingerprint density at radius 2 is 2.21 bits per heavy atom. The molecule has 74 valence electrons. The molecule has 0 aliphatic rings. The Morgan fingerprint density at radius 1 is 1.43 bits per heavy atom. The highest BCUT2D eigenvalue weighted by molar-refractivity contribution is 7.98. The Labute approximate surface area is 89.9 Å². The summed E-state index contributed by atoms with van der Waals surface area (Å²) in [6.45, 7) is 0. The number of ether oxygens (including phenoxy) is 1. The van der Waals surface area contributed by atoms with Crippen molar-refractivity contribution in [1.29, 1.82) is 0 Å². The van der Waals surface area contributed by atoms with Crippen LogP contribution in [-0.4, -0.2) is 13.4 Å². The molecule has 0 saturated carbocycles. The summed E-state index contributed by atoms with van der Waals surface area (Å²) < 4.78 is 19.7. The van der Waals surface area contributed by atoms with Crippen molar-refractivity contribution in [2.45, 2.75) is 4.90 Å². The molecule has 4 heteroatoms. The van der Waals surface area contributed by atoms with Crippen molar-refractivity contribution in [3.05, 3.63) is 23.3 Å². The summed E-state index contributed by atoms with van der Waals surface area (Å²) in [6, 6.07) is 3.29. The number of fused-ring (bicyclic) bond motifs is 1. The van der Waals surface area contributed by atoms with Gasteiger partial charge in [-0.2, -0.15) is 0 Å². The molecular formula is C10H9FOS2. The molecule has 0 bridgehead atoms. The monoisotopic (exact) mass is 228 g/mol. The zero-order valence-electron chi connectivity index (χ0n) is 7.83. The van der Waals surface area contributed by atoms with E-state index in [1.54, 1.807) is 24.5 Å². The van der Waals surface area contributed by atoms with Gasteiger partial charge in [0.15, 0.2) is 0 Å². The zero-order valence-corrected chi connectivity index (χ0v) is 9.47. The first kappa shape index (κ1) is 9.80. The first-order chi connectivity index (χ1) is 6.77. The van der Waals surface area contributed by atoms with Crippen LogP contribution in [0.4, 0.5) is 4.39 Å². The van der Waals surface area contributed by atoms with Crippen LogP contribution in [0.5, 0.6) is 5.75 Å². The molecule has 0 N–H and O–H groups in total. The Morgan fingerprint density at radius 3 is 2.86 bits per heavy atom. The molecule has 1 nitrogen and oxygen atoms in total. The van der Waals surface area contributed by atoms with E-state index >= 15 is 0 Å². The van der Waals surface area contributed by atoms with Crippen molar-refractivity contribution in [3.8, 4) is 5.75 Å². The van der Waals surface area contributed by atoms with E-state index in [0.717, 1.165) is 15.8 Å². The molecule has 0 unspecified atom stereocenters. The molecule has 1 aromatic heterocycles. The van der Waals surface area contributed by atoms with E-state index in [-0.39, 0.29) is 5.82 Å². The minimum Gasteiger partial charge on any atom is -0.495 e. The maximum atomic E-state index is 13.4. The minimum atomic E-state index is -0.179. The van der Waals surface area contributed by atoms with Gasteiger partial charge in [-0.1, -0.05) is 0 Å². The van der Waals surface area contributed by atoms with Gasteiger partial charge in [-0.25, -0.2) is 4.39 Å². The van der Waals surface area contributed by atoms with Crippen LogP contribution in [0.1, 0.15) is 0 Å². The molecule has 1 heterocycles. The Kier molecular flexibility index (Phi) is 2.65. The second-order valence-corrected chi connectivity index (χ2v) is 4.49. The molecule has 0 amide bonds. The molecule has 0 aliphatic heterocycles. The van der Waals surface area contributed by atoms with Gasteiger partial charge in [0.2, 0.25) is 0 Å². The van der Waals surface area contributed by atoms with Crippen molar-refractivity contribution in [2.75, 3.05) is 13.4 Å². The number of halogens is 1. The number of hydrogen-bond donors (Lipinski definition) is 0. The summed E-state index contributed by atoms with van der Waals surface area (Å²) in [7, 11) is 1.61. The lowest BCUT2D eigenvalue weighted by molar-refractivity contribution is 0.420. The van der Waals surface area contributed by atoms with Crippen LogP contribution in [-0.2, 0) is 0 Å². The van der Waals surface area contributed by atoms with Gasteiger partial charge in [-0.05, 0) is 18.4 Å². The van der Waals surface area contributed by atoms with Crippen molar-refractivity contribution in [1.82, 2.24) is 0 Å². The van der Waals surface area contributed by atoms with E-state index < -0.39 is 0 Å². The normalized spacial score (nSPS) is 10.8. The van der Waals surface area contributed by atoms with Crippen LogP contribution < -0.4 is 4.74 Å². The second kappa shape index (κ2) is 3.79. The predicted molar refractivity (Wildman–Crippen MR) is 60.1 cm³/mol. The van der Waals surface area contributed by atoms with Gasteiger partial charge in [0.1, 0.15) is 11.6 Å². The average Bonchev–Trinajstić information content (AvgIpc) is 2.61. The fraction of sp³-hybridized carbons (Fsp3) is 0.200. The molecule has 0 fully saturated rings. The molecule has 14 heavy (non-hydrogen) atoms. The van der Waals surface area contributed by atoms with E-state index in [1.807, 2.05) is 11.6 Å². The smallest absolute Gasteiger partial charge is 0.138 e. The van der Waals surface area contributed by atoms with E-state index in [4.69, 9.17) is 4.74 Å². The summed E-state index contributed by atoms with van der Waals surface area (Å²) >= 11 is 2.98. The lowest BCUT2D eigenvalue weighted by atomic mass is 10.2. The van der Waals surface area contributed by atoms with Crippen LogP contribution in [0.2, 0.25) is 0 Å². The van der Waals surface area contributed by atoms with Crippen LogP contribution in [0.25, 0.3) is 10.1 Å². The number of thiophene rings is 1. The highest BCUT2D eigenvalue weighted by Crippen LogP contribution is 2.39. The average molecular weight is 228 g/mol. The van der Waals surface area contributed by atoms with Gasteiger partial charge in [0.25, 0.3) is 0 Å². The maximum Gasteiger partial charge on any atom is 0.138 e. The van der Waals surface area contributed by atoms with Crippen molar-refractivity contribution < 1.29 is 9.13 Å². The highest BCUT2D eigenvalue weighted by Gasteiger charge is 2.12.